The number of carbonyl (C=O) groups excluding carboxylic acids is 3. The van der Waals surface area contributed by atoms with E-state index in [1.807, 2.05) is 30.3 Å². The Bertz CT molecular complexity index is 1290. The lowest BCUT2D eigenvalue weighted by Gasteiger charge is -2.43. The number of hydrogen-bond donors (Lipinski definition) is 1. The molecule has 0 fully saturated rings. The maximum absolute atomic E-state index is 13.7. The fourth-order valence-electron chi connectivity index (χ4n) is 4.21. The Kier molecular flexibility index (Phi) is 6.79. The minimum atomic E-state index is -1.29. The van der Waals surface area contributed by atoms with Crippen molar-refractivity contribution in [3.63, 3.8) is 0 Å². The predicted molar refractivity (Wildman–Crippen MR) is 128 cm³/mol. The topological polar surface area (TPSA) is 103 Å². The number of methoxy groups -OCH3 is 2. The van der Waals surface area contributed by atoms with Gasteiger partial charge in [0.25, 0.3) is 5.91 Å². The minimum Gasteiger partial charge on any atom is -0.496 e. The zero-order valence-corrected chi connectivity index (χ0v) is 20.3. The van der Waals surface area contributed by atoms with Gasteiger partial charge in [0.1, 0.15) is 17.0 Å². The standard InChI is InChI=1S/C25H25ClN4O5/c1-25(24(33)27-12-17-8-4-5-10-19(17)34-2)14-29-15-28-20(23(32)35-3)21(29)22(31)30(25)13-16-7-6-9-18(26)11-16/h4-11,15H,12-14H2,1-3H3,(H,27,33). The zero-order chi connectivity index (χ0) is 25.2. The molecule has 0 saturated carbocycles. The number of nitrogens with one attached hydrogen (secondary N) is 1. The van der Waals surface area contributed by atoms with Crippen molar-refractivity contribution in [1.82, 2.24) is 19.8 Å². The summed E-state index contributed by atoms with van der Waals surface area (Å²) in [5.41, 5.74) is 0.232. The Labute approximate surface area is 207 Å². The zero-order valence-electron chi connectivity index (χ0n) is 19.6. The van der Waals surface area contributed by atoms with Gasteiger partial charge >= 0.3 is 5.97 Å². The summed E-state index contributed by atoms with van der Waals surface area (Å²) in [5.74, 6) is -0.950. The smallest absolute Gasteiger partial charge is 0.359 e. The van der Waals surface area contributed by atoms with Crippen LogP contribution in [0.15, 0.2) is 54.9 Å². The van der Waals surface area contributed by atoms with Gasteiger partial charge in [-0.05, 0) is 30.7 Å². The van der Waals surface area contributed by atoms with Crippen LogP contribution in [0.3, 0.4) is 0 Å². The third-order valence-electron chi connectivity index (χ3n) is 6.09. The van der Waals surface area contributed by atoms with E-state index in [0.29, 0.717) is 10.8 Å². The molecule has 2 amide bonds. The molecule has 0 bridgehead atoms. The second-order valence-electron chi connectivity index (χ2n) is 8.35. The third kappa shape index (κ3) is 4.59. The van der Waals surface area contributed by atoms with Crippen molar-refractivity contribution in [2.75, 3.05) is 14.2 Å². The van der Waals surface area contributed by atoms with Crippen LogP contribution in [0.5, 0.6) is 5.75 Å². The molecule has 0 saturated heterocycles. The number of carbonyl (C=O) groups is 3. The van der Waals surface area contributed by atoms with Gasteiger partial charge in [0.2, 0.25) is 5.91 Å². The van der Waals surface area contributed by atoms with Crippen LogP contribution in [0.4, 0.5) is 0 Å². The molecule has 0 spiro atoms. The number of benzene rings is 2. The molecule has 1 aromatic heterocycles. The van der Waals surface area contributed by atoms with Crippen molar-refractivity contribution in [3.8, 4) is 5.75 Å². The van der Waals surface area contributed by atoms with Gasteiger partial charge in [-0.25, -0.2) is 9.78 Å². The van der Waals surface area contributed by atoms with Crippen LogP contribution in [0.25, 0.3) is 0 Å². The number of para-hydroxylation sites is 1. The molecule has 182 valence electrons. The van der Waals surface area contributed by atoms with Gasteiger partial charge in [-0.1, -0.05) is 41.9 Å². The lowest BCUT2D eigenvalue weighted by molar-refractivity contribution is -0.133. The summed E-state index contributed by atoms with van der Waals surface area (Å²) >= 11 is 6.16. The molecule has 0 radical (unpaired) electrons. The van der Waals surface area contributed by atoms with E-state index < -0.39 is 17.4 Å². The van der Waals surface area contributed by atoms with Crippen LogP contribution < -0.4 is 10.1 Å². The average Bonchev–Trinajstić information content (AvgIpc) is 3.28. The van der Waals surface area contributed by atoms with E-state index in [0.717, 1.165) is 11.1 Å². The summed E-state index contributed by atoms with van der Waals surface area (Å²) in [4.78, 5) is 45.1. The van der Waals surface area contributed by atoms with E-state index in [-0.39, 0.29) is 36.9 Å². The van der Waals surface area contributed by atoms with E-state index in [2.05, 4.69) is 10.3 Å². The lowest BCUT2D eigenvalue weighted by Crippen LogP contribution is -2.63. The fraction of sp³-hybridized carbons (Fsp3) is 0.280. The van der Waals surface area contributed by atoms with Crippen LogP contribution in [0.1, 0.15) is 39.0 Å². The number of nitrogens with zero attached hydrogens (tertiary/aromatic N) is 3. The quantitative estimate of drug-likeness (QED) is 0.504. The maximum Gasteiger partial charge on any atom is 0.359 e. The molecule has 0 aliphatic carbocycles. The van der Waals surface area contributed by atoms with Crippen LogP contribution in [0, 0.1) is 0 Å². The monoisotopic (exact) mass is 496 g/mol. The summed E-state index contributed by atoms with van der Waals surface area (Å²) in [7, 11) is 2.79. The molecular weight excluding hydrogens is 472 g/mol. The van der Waals surface area contributed by atoms with Gasteiger partial charge in [0.05, 0.1) is 27.1 Å². The Morgan fingerprint density at radius 3 is 2.66 bits per heavy atom. The van der Waals surface area contributed by atoms with Crippen molar-refractivity contribution in [1.29, 1.82) is 0 Å². The van der Waals surface area contributed by atoms with E-state index in [9.17, 15) is 14.4 Å². The molecule has 1 N–H and O–H groups in total. The number of hydrogen-bond acceptors (Lipinski definition) is 6. The number of esters is 1. The third-order valence-corrected chi connectivity index (χ3v) is 6.32. The van der Waals surface area contributed by atoms with Crippen LogP contribution >= 0.6 is 11.6 Å². The molecule has 10 heteroatoms. The van der Waals surface area contributed by atoms with Crippen LogP contribution in [-0.2, 0) is 29.2 Å². The van der Waals surface area contributed by atoms with Gasteiger partial charge < -0.3 is 24.3 Å². The minimum absolute atomic E-state index is 0.0777. The molecule has 9 nitrogen and oxygen atoms in total. The van der Waals surface area contributed by atoms with E-state index in [4.69, 9.17) is 21.1 Å². The van der Waals surface area contributed by atoms with Crippen molar-refractivity contribution >= 4 is 29.4 Å². The van der Waals surface area contributed by atoms with Gasteiger partial charge in [-0.2, -0.15) is 0 Å². The number of imidazole rings is 1. The molecule has 4 rings (SSSR count). The van der Waals surface area contributed by atoms with Crippen LogP contribution in [-0.4, -0.2) is 52.0 Å². The molecule has 2 aromatic carbocycles. The van der Waals surface area contributed by atoms with E-state index >= 15 is 0 Å². The van der Waals surface area contributed by atoms with E-state index in [1.165, 1.54) is 22.9 Å². The molecule has 1 unspecified atom stereocenters. The summed E-state index contributed by atoms with van der Waals surface area (Å²) in [6, 6.07) is 14.4. The Hall–Kier alpha value is -3.85. The highest BCUT2D eigenvalue weighted by molar-refractivity contribution is 6.30. The highest BCUT2D eigenvalue weighted by Crippen LogP contribution is 2.31. The summed E-state index contributed by atoms with van der Waals surface area (Å²) in [6.45, 7) is 2.09. The molecular formula is C25H25ClN4O5. The van der Waals surface area contributed by atoms with Gasteiger partial charge in [0.15, 0.2) is 5.69 Å². The van der Waals surface area contributed by atoms with Gasteiger partial charge in [-0.3, -0.25) is 9.59 Å². The summed E-state index contributed by atoms with van der Waals surface area (Å²) in [5, 5.41) is 3.45. The maximum atomic E-state index is 13.7. The van der Waals surface area contributed by atoms with Crippen molar-refractivity contribution in [2.45, 2.75) is 32.1 Å². The van der Waals surface area contributed by atoms with Gasteiger partial charge in [0, 0.05) is 23.7 Å². The first-order valence-electron chi connectivity index (χ1n) is 10.9. The second kappa shape index (κ2) is 9.79. The summed E-state index contributed by atoms with van der Waals surface area (Å²) < 4.78 is 11.7. The number of aromatic nitrogens is 2. The Morgan fingerprint density at radius 1 is 1.17 bits per heavy atom. The fourth-order valence-corrected chi connectivity index (χ4v) is 4.43. The SMILES string of the molecule is COC(=O)c1ncn2c1C(=O)N(Cc1cccc(Cl)c1)C(C)(C(=O)NCc1ccccc1OC)C2. The highest BCUT2D eigenvalue weighted by Gasteiger charge is 2.49. The van der Waals surface area contributed by atoms with Crippen molar-refractivity contribution in [2.24, 2.45) is 0 Å². The number of halogens is 1. The number of ether oxygens (including phenoxy) is 2. The van der Waals surface area contributed by atoms with Crippen molar-refractivity contribution < 1.29 is 23.9 Å². The van der Waals surface area contributed by atoms with Crippen molar-refractivity contribution in [3.05, 3.63) is 82.4 Å². The first kappa shape index (κ1) is 24.3. The average molecular weight is 497 g/mol. The molecule has 2 heterocycles. The largest absolute Gasteiger partial charge is 0.496 e. The van der Waals surface area contributed by atoms with Gasteiger partial charge in [-0.15, -0.1) is 0 Å². The normalized spacial score (nSPS) is 17.0. The highest BCUT2D eigenvalue weighted by atomic mass is 35.5. The Morgan fingerprint density at radius 2 is 1.94 bits per heavy atom. The van der Waals surface area contributed by atoms with Crippen LogP contribution in [0.2, 0.25) is 5.02 Å². The Balaban J connectivity index is 1.70. The number of rotatable bonds is 7. The first-order chi connectivity index (χ1) is 16.8. The predicted octanol–water partition coefficient (Wildman–Crippen LogP) is 3.06. The number of amides is 2. The first-order valence-corrected chi connectivity index (χ1v) is 11.3. The van der Waals surface area contributed by atoms with E-state index in [1.54, 1.807) is 32.2 Å². The molecule has 1 aliphatic heterocycles. The molecule has 35 heavy (non-hydrogen) atoms. The second-order valence-corrected chi connectivity index (χ2v) is 8.79. The molecule has 3 aromatic rings. The molecule has 1 atom stereocenters. The summed E-state index contributed by atoms with van der Waals surface area (Å²) in [6.07, 6.45) is 1.38. The lowest BCUT2D eigenvalue weighted by atomic mass is 9.93. The molecule has 1 aliphatic rings. The number of fused-ring (bicyclic) bond motifs is 1.